The van der Waals surface area contributed by atoms with Crippen molar-refractivity contribution in [3.63, 3.8) is 0 Å². The minimum absolute atomic E-state index is 0.165. The van der Waals surface area contributed by atoms with Gasteiger partial charge in [0.05, 0.1) is 0 Å². The number of aryl methyl sites for hydroxylation is 1. The highest BCUT2D eigenvalue weighted by atomic mass is 16.5. The van der Waals surface area contributed by atoms with Crippen molar-refractivity contribution in [2.24, 2.45) is 5.73 Å². The van der Waals surface area contributed by atoms with Crippen LogP contribution in [0.3, 0.4) is 0 Å². The quantitative estimate of drug-likeness (QED) is 0.867. The van der Waals surface area contributed by atoms with Crippen LogP contribution in [0.15, 0.2) is 18.2 Å². The van der Waals surface area contributed by atoms with Gasteiger partial charge < -0.3 is 10.5 Å². The topological polar surface area (TPSA) is 35.2 Å². The standard InChI is InChI=1S/C15H23NO/c1-15(2,10-11-16)17-14-9-5-7-12-6-3-4-8-13(12)14/h5,7,9H,3-4,6,8,10-11,16H2,1-2H3. The average molecular weight is 233 g/mol. The molecule has 0 atom stereocenters. The van der Waals surface area contributed by atoms with Crippen molar-refractivity contribution < 1.29 is 4.74 Å². The highest BCUT2D eigenvalue weighted by Crippen LogP contribution is 2.32. The average Bonchev–Trinajstić information content (AvgIpc) is 2.29. The number of rotatable bonds is 4. The van der Waals surface area contributed by atoms with Gasteiger partial charge in [-0.05, 0) is 69.7 Å². The molecule has 0 amide bonds. The molecule has 0 aliphatic heterocycles. The van der Waals surface area contributed by atoms with E-state index in [0.717, 1.165) is 18.6 Å². The number of hydrogen-bond donors (Lipinski definition) is 1. The summed E-state index contributed by atoms with van der Waals surface area (Å²) in [5.74, 6) is 1.07. The molecule has 0 unspecified atom stereocenters. The summed E-state index contributed by atoms with van der Waals surface area (Å²) in [5, 5.41) is 0. The van der Waals surface area contributed by atoms with Crippen molar-refractivity contribution in [3.8, 4) is 5.75 Å². The van der Waals surface area contributed by atoms with Crippen LogP contribution < -0.4 is 10.5 Å². The summed E-state index contributed by atoms with van der Waals surface area (Å²) in [7, 11) is 0. The molecule has 2 rings (SSSR count). The fourth-order valence-corrected chi connectivity index (χ4v) is 2.54. The maximum absolute atomic E-state index is 6.16. The second kappa shape index (κ2) is 5.09. The van der Waals surface area contributed by atoms with Crippen molar-refractivity contribution in [1.29, 1.82) is 0 Å². The third-order valence-electron chi connectivity index (χ3n) is 3.49. The van der Waals surface area contributed by atoms with Crippen LogP contribution in [0.25, 0.3) is 0 Å². The normalized spacial score (nSPS) is 15.5. The minimum atomic E-state index is -0.165. The fraction of sp³-hybridized carbons (Fsp3) is 0.600. The Labute approximate surface area is 104 Å². The van der Waals surface area contributed by atoms with Crippen LogP contribution in [-0.4, -0.2) is 12.1 Å². The molecule has 0 spiro atoms. The zero-order valence-corrected chi connectivity index (χ0v) is 11.0. The van der Waals surface area contributed by atoms with E-state index in [4.69, 9.17) is 10.5 Å². The van der Waals surface area contributed by atoms with Crippen LogP contribution in [0.2, 0.25) is 0 Å². The van der Waals surface area contributed by atoms with E-state index < -0.39 is 0 Å². The van der Waals surface area contributed by atoms with E-state index in [2.05, 4.69) is 32.0 Å². The van der Waals surface area contributed by atoms with E-state index in [1.807, 2.05) is 0 Å². The number of ether oxygens (including phenoxy) is 1. The summed E-state index contributed by atoms with van der Waals surface area (Å²) in [6.07, 6.45) is 5.83. The van der Waals surface area contributed by atoms with Gasteiger partial charge in [-0.3, -0.25) is 0 Å². The molecule has 0 heterocycles. The third kappa shape index (κ3) is 3.01. The SMILES string of the molecule is CC(C)(CCN)Oc1cccc2c1CCCC2. The minimum Gasteiger partial charge on any atom is -0.488 e. The van der Waals surface area contributed by atoms with Crippen LogP contribution in [-0.2, 0) is 12.8 Å². The van der Waals surface area contributed by atoms with Gasteiger partial charge in [0.25, 0.3) is 0 Å². The molecule has 17 heavy (non-hydrogen) atoms. The summed E-state index contributed by atoms with van der Waals surface area (Å²) >= 11 is 0. The van der Waals surface area contributed by atoms with Gasteiger partial charge in [0.15, 0.2) is 0 Å². The molecule has 0 saturated heterocycles. The van der Waals surface area contributed by atoms with Gasteiger partial charge in [0.2, 0.25) is 0 Å². The van der Waals surface area contributed by atoms with Crippen LogP contribution in [0.4, 0.5) is 0 Å². The Morgan fingerprint density at radius 3 is 2.76 bits per heavy atom. The van der Waals surface area contributed by atoms with Crippen LogP contribution >= 0.6 is 0 Å². The molecular formula is C15H23NO. The lowest BCUT2D eigenvalue weighted by atomic mass is 9.91. The first-order chi connectivity index (χ1) is 8.12. The van der Waals surface area contributed by atoms with Crippen LogP contribution in [0.5, 0.6) is 5.75 Å². The first-order valence-electron chi connectivity index (χ1n) is 6.62. The largest absolute Gasteiger partial charge is 0.488 e. The summed E-state index contributed by atoms with van der Waals surface area (Å²) in [5.41, 5.74) is 8.35. The summed E-state index contributed by atoms with van der Waals surface area (Å²) < 4.78 is 6.16. The van der Waals surface area contributed by atoms with E-state index in [-0.39, 0.29) is 5.60 Å². The lowest BCUT2D eigenvalue weighted by Gasteiger charge is -2.29. The van der Waals surface area contributed by atoms with Gasteiger partial charge in [-0.15, -0.1) is 0 Å². The molecule has 0 aromatic heterocycles. The molecule has 0 radical (unpaired) electrons. The molecular weight excluding hydrogens is 210 g/mol. The van der Waals surface area contributed by atoms with Crippen molar-refractivity contribution >= 4 is 0 Å². The molecule has 2 N–H and O–H groups in total. The summed E-state index contributed by atoms with van der Waals surface area (Å²) in [4.78, 5) is 0. The first-order valence-corrected chi connectivity index (χ1v) is 6.62. The molecule has 0 fully saturated rings. The van der Waals surface area contributed by atoms with E-state index in [1.165, 1.54) is 30.4 Å². The molecule has 0 saturated carbocycles. The maximum Gasteiger partial charge on any atom is 0.123 e. The van der Waals surface area contributed by atoms with Crippen molar-refractivity contribution in [2.45, 2.75) is 51.6 Å². The Balaban J connectivity index is 2.21. The van der Waals surface area contributed by atoms with Gasteiger partial charge in [-0.1, -0.05) is 12.1 Å². The Hall–Kier alpha value is -1.02. The molecule has 2 nitrogen and oxygen atoms in total. The smallest absolute Gasteiger partial charge is 0.123 e. The second-order valence-corrected chi connectivity index (χ2v) is 5.50. The van der Waals surface area contributed by atoms with Crippen molar-refractivity contribution in [1.82, 2.24) is 0 Å². The summed E-state index contributed by atoms with van der Waals surface area (Å²) in [6, 6.07) is 6.44. The van der Waals surface area contributed by atoms with E-state index in [9.17, 15) is 0 Å². The van der Waals surface area contributed by atoms with Crippen LogP contribution in [0, 0.1) is 0 Å². The molecule has 1 aromatic carbocycles. The first kappa shape index (κ1) is 12.4. The third-order valence-corrected chi connectivity index (χ3v) is 3.49. The van der Waals surface area contributed by atoms with Gasteiger partial charge >= 0.3 is 0 Å². The highest BCUT2D eigenvalue weighted by Gasteiger charge is 2.22. The number of nitrogens with two attached hydrogens (primary N) is 1. The van der Waals surface area contributed by atoms with Gasteiger partial charge in [0.1, 0.15) is 11.4 Å². The highest BCUT2D eigenvalue weighted by molar-refractivity contribution is 5.42. The second-order valence-electron chi connectivity index (χ2n) is 5.50. The Morgan fingerprint density at radius 1 is 1.24 bits per heavy atom. The fourth-order valence-electron chi connectivity index (χ4n) is 2.54. The van der Waals surface area contributed by atoms with E-state index >= 15 is 0 Å². The zero-order valence-electron chi connectivity index (χ0n) is 11.0. The predicted octanol–water partition coefficient (Wildman–Crippen LogP) is 3.07. The van der Waals surface area contributed by atoms with Gasteiger partial charge in [-0.2, -0.15) is 0 Å². The Kier molecular flexibility index (Phi) is 3.72. The molecule has 1 aliphatic rings. The van der Waals surface area contributed by atoms with Crippen molar-refractivity contribution in [3.05, 3.63) is 29.3 Å². The van der Waals surface area contributed by atoms with Gasteiger partial charge in [0, 0.05) is 0 Å². The monoisotopic (exact) mass is 233 g/mol. The van der Waals surface area contributed by atoms with E-state index in [1.54, 1.807) is 0 Å². The number of fused-ring (bicyclic) bond motifs is 1. The molecule has 94 valence electrons. The Morgan fingerprint density at radius 2 is 2.00 bits per heavy atom. The van der Waals surface area contributed by atoms with E-state index in [0.29, 0.717) is 6.54 Å². The van der Waals surface area contributed by atoms with Crippen LogP contribution in [0.1, 0.15) is 44.2 Å². The molecule has 2 heteroatoms. The maximum atomic E-state index is 6.16. The van der Waals surface area contributed by atoms with Gasteiger partial charge in [-0.25, -0.2) is 0 Å². The molecule has 1 aliphatic carbocycles. The predicted molar refractivity (Wildman–Crippen MR) is 71.5 cm³/mol. The molecule has 1 aromatic rings. The Bertz CT molecular complexity index is 385. The lowest BCUT2D eigenvalue weighted by molar-refractivity contribution is 0.100. The zero-order chi connectivity index (χ0) is 12.3. The lowest BCUT2D eigenvalue weighted by Crippen LogP contribution is -2.31. The van der Waals surface area contributed by atoms with Crippen molar-refractivity contribution in [2.75, 3.05) is 6.54 Å². The number of benzene rings is 1. The molecule has 0 bridgehead atoms. The summed E-state index contributed by atoms with van der Waals surface area (Å²) in [6.45, 7) is 4.90. The number of hydrogen-bond acceptors (Lipinski definition) is 2.